The summed E-state index contributed by atoms with van der Waals surface area (Å²) in [5.41, 5.74) is 1.26. The number of furan rings is 1. The third kappa shape index (κ3) is 5.00. The summed E-state index contributed by atoms with van der Waals surface area (Å²) >= 11 is 0. The third-order valence-electron chi connectivity index (χ3n) is 2.52. The highest BCUT2D eigenvalue weighted by Crippen LogP contribution is 2.08. The molecular formula is C12H21NO2. The molecule has 1 N–H and O–H groups in total. The van der Waals surface area contributed by atoms with Crippen molar-refractivity contribution in [1.82, 2.24) is 5.32 Å². The Morgan fingerprint density at radius 2 is 2.40 bits per heavy atom. The Labute approximate surface area is 91.8 Å². The second-order valence-corrected chi connectivity index (χ2v) is 3.66. The molecular weight excluding hydrogens is 190 g/mol. The van der Waals surface area contributed by atoms with Crippen LogP contribution < -0.4 is 5.32 Å². The average Bonchev–Trinajstić information content (AvgIpc) is 2.75. The number of likely N-dealkylation sites (N-methyl/N-ethyl adjacent to an activating group) is 1. The topological polar surface area (TPSA) is 34.4 Å². The largest absolute Gasteiger partial charge is 0.472 e. The molecule has 1 aromatic rings. The molecule has 0 saturated carbocycles. The monoisotopic (exact) mass is 211 g/mol. The highest BCUT2D eigenvalue weighted by Gasteiger charge is 2.07. The summed E-state index contributed by atoms with van der Waals surface area (Å²) < 4.78 is 10.4. The molecule has 0 radical (unpaired) electrons. The first-order valence-electron chi connectivity index (χ1n) is 5.63. The van der Waals surface area contributed by atoms with Crippen LogP contribution in [0.15, 0.2) is 23.0 Å². The van der Waals surface area contributed by atoms with Gasteiger partial charge in [-0.05, 0) is 44.9 Å². The van der Waals surface area contributed by atoms with Gasteiger partial charge in [0.2, 0.25) is 0 Å². The minimum absolute atomic E-state index is 0.517. The van der Waals surface area contributed by atoms with Gasteiger partial charge in [-0.15, -0.1) is 0 Å². The summed E-state index contributed by atoms with van der Waals surface area (Å²) in [5.74, 6) is 0. The van der Waals surface area contributed by atoms with Crippen molar-refractivity contribution in [2.45, 2.75) is 32.2 Å². The summed E-state index contributed by atoms with van der Waals surface area (Å²) in [7, 11) is 2.01. The summed E-state index contributed by atoms with van der Waals surface area (Å²) in [4.78, 5) is 0. The van der Waals surface area contributed by atoms with E-state index in [-0.39, 0.29) is 0 Å². The first-order valence-corrected chi connectivity index (χ1v) is 5.63. The van der Waals surface area contributed by atoms with Crippen molar-refractivity contribution in [2.75, 3.05) is 20.3 Å². The Morgan fingerprint density at radius 1 is 1.53 bits per heavy atom. The predicted molar refractivity (Wildman–Crippen MR) is 61.0 cm³/mol. The lowest BCUT2D eigenvalue weighted by atomic mass is 10.0. The zero-order chi connectivity index (χ0) is 10.9. The lowest BCUT2D eigenvalue weighted by molar-refractivity contribution is 0.141. The van der Waals surface area contributed by atoms with Gasteiger partial charge in [0, 0.05) is 19.3 Å². The molecule has 3 heteroatoms. The van der Waals surface area contributed by atoms with E-state index in [1.807, 2.05) is 26.3 Å². The second kappa shape index (κ2) is 7.49. The molecule has 15 heavy (non-hydrogen) atoms. The zero-order valence-electron chi connectivity index (χ0n) is 9.66. The number of rotatable bonds is 8. The van der Waals surface area contributed by atoms with E-state index < -0.39 is 0 Å². The molecule has 0 amide bonds. The summed E-state index contributed by atoms with van der Waals surface area (Å²) in [6.45, 7) is 3.70. The zero-order valence-corrected chi connectivity index (χ0v) is 9.66. The van der Waals surface area contributed by atoms with Crippen LogP contribution in [0.5, 0.6) is 0 Å². The van der Waals surface area contributed by atoms with Crippen molar-refractivity contribution in [1.29, 1.82) is 0 Å². The molecule has 0 spiro atoms. The average molecular weight is 211 g/mol. The van der Waals surface area contributed by atoms with E-state index in [4.69, 9.17) is 9.15 Å². The van der Waals surface area contributed by atoms with Crippen molar-refractivity contribution < 1.29 is 9.15 Å². The van der Waals surface area contributed by atoms with E-state index in [9.17, 15) is 0 Å². The summed E-state index contributed by atoms with van der Waals surface area (Å²) in [6, 6.07) is 2.54. The molecule has 0 fully saturated rings. The van der Waals surface area contributed by atoms with Crippen LogP contribution in [0.1, 0.15) is 25.3 Å². The van der Waals surface area contributed by atoms with Gasteiger partial charge in [-0.1, -0.05) is 0 Å². The van der Waals surface area contributed by atoms with E-state index in [0.29, 0.717) is 6.04 Å². The van der Waals surface area contributed by atoms with Gasteiger partial charge in [0.05, 0.1) is 12.5 Å². The van der Waals surface area contributed by atoms with Crippen molar-refractivity contribution in [3.8, 4) is 0 Å². The summed E-state index contributed by atoms with van der Waals surface area (Å²) in [5, 5.41) is 3.32. The molecule has 3 nitrogen and oxygen atoms in total. The van der Waals surface area contributed by atoms with E-state index in [0.717, 1.165) is 32.5 Å². The second-order valence-electron chi connectivity index (χ2n) is 3.66. The van der Waals surface area contributed by atoms with Crippen LogP contribution in [0, 0.1) is 0 Å². The lowest BCUT2D eigenvalue weighted by Crippen LogP contribution is -2.27. The molecule has 1 atom stereocenters. The Morgan fingerprint density at radius 3 is 3.00 bits per heavy atom. The predicted octanol–water partition coefficient (Wildman–Crippen LogP) is 2.23. The highest BCUT2D eigenvalue weighted by molar-refractivity contribution is 5.07. The van der Waals surface area contributed by atoms with Gasteiger partial charge in [-0.2, -0.15) is 0 Å². The van der Waals surface area contributed by atoms with E-state index in [2.05, 4.69) is 5.32 Å². The molecule has 0 aliphatic rings. The van der Waals surface area contributed by atoms with Gasteiger partial charge in [0.15, 0.2) is 0 Å². The Hall–Kier alpha value is -0.800. The molecule has 1 heterocycles. The van der Waals surface area contributed by atoms with E-state index in [1.54, 1.807) is 6.26 Å². The van der Waals surface area contributed by atoms with Crippen LogP contribution in [0.2, 0.25) is 0 Å². The number of ether oxygens (including phenoxy) is 1. The molecule has 1 rings (SSSR count). The maximum absolute atomic E-state index is 5.32. The number of hydrogen-bond acceptors (Lipinski definition) is 3. The van der Waals surface area contributed by atoms with Gasteiger partial charge in [0.1, 0.15) is 0 Å². The number of hydrogen-bond donors (Lipinski definition) is 1. The number of nitrogens with one attached hydrogen (secondary N) is 1. The third-order valence-corrected chi connectivity index (χ3v) is 2.52. The van der Waals surface area contributed by atoms with Crippen LogP contribution >= 0.6 is 0 Å². The van der Waals surface area contributed by atoms with Gasteiger partial charge in [0.25, 0.3) is 0 Å². The molecule has 0 aromatic carbocycles. The van der Waals surface area contributed by atoms with Crippen LogP contribution in [0.25, 0.3) is 0 Å². The first kappa shape index (κ1) is 12.3. The Balaban J connectivity index is 2.18. The molecule has 86 valence electrons. The van der Waals surface area contributed by atoms with Gasteiger partial charge < -0.3 is 14.5 Å². The fraction of sp³-hybridized carbons (Fsp3) is 0.667. The van der Waals surface area contributed by atoms with Crippen LogP contribution in [-0.4, -0.2) is 26.3 Å². The van der Waals surface area contributed by atoms with Crippen LogP contribution in [0.4, 0.5) is 0 Å². The van der Waals surface area contributed by atoms with E-state index >= 15 is 0 Å². The van der Waals surface area contributed by atoms with Gasteiger partial charge >= 0.3 is 0 Å². The molecule has 1 aromatic heterocycles. The van der Waals surface area contributed by atoms with Gasteiger partial charge in [-0.25, -0.2) is 0 Å². The molecule has 0 bridgehead atoms. The standard InChI is InChI=1S/C12H21NO2/c1-3-14-7-4-5-12(13-2)9-11-6-8-15-10-11/h6,8,10,12-13H,3-5,7,9H2,1-2H3. The smallest absolute Gasteiger partial charge is 0.0935 e. The lowest BCUT2D eigenvalue weighted by Gasteiger charge is -2.14. The van der Waals surface area contributed by atoms with Crippen molar-refractivity contribution in [3.63, 3.8) is 0 Å². The van der Waals surface area contributed by atoms with E-state index in [1.165, 1.54) is 5.56 Å². The fourth-order valence-corrected chi connectivity index (χ4v) is 1.62. The van der Waals surface area contributed by atoms with Crippen LogP contribution in [0.3, 0.4) is 0 Å². The highest BCUT2D eigenvalue weighted by atomic mass is 16.5. The molecule has 1 unspecified atom stereocenters. The minimum Gasteiger partial charge on any atom is -0.472 e. The van der Waals surface area contributed by atoms with Gasteiger partial charge in [-0.3, -0.25) is 0 Å². The van der Waals surface area contributed by atoms with Crippen molar-refractivity contribution in [2.24, 2.45) is 0 Å². The maximum atomic E-state index is 5.32. The molecule has 0 saturated heterocycles. The normalized spacial score (nSPS) is 12.9. The SMILES string of the molecule is CCOCCCC(Cc1ccoc1)NC. The maximum Gasteiger partial charge on any atom is 0.0935 e. The van der Waals surface area contributed by atoms with Crippen molar-refractivity contribution in [3.05, 3.63) is 24.2 Å². The first-order chi connectivity index (χ1) is 7.36. The molecule has 0 aliphatic heterocycles. The Kier molecular flexibility index (Phi) is 6.12. The fourth-order valence-electron chi connectivity index (χ4n) is 1.62. The molecule has 0 aliphatic carbocycles. The summed E-state index contributed by atoms with van der Waals surface area (Å²) in [6.07, 6.45) is 6.81. The van der Waals surface area contributed by atoms with Crippen molar-refractivity contribution >= 4 is 0 Å². The Bertz CT molecular complexity index is 234. The quantitative estimate of drug-likeness (QED) is 0.670. The minimum atomic E-state index is 0.517. The van der Waals surface area contributed by atoms with Crippen LogP contribution in [-0.2, 0) is 11.2 Å².